The Morgan fingerprint density at radius 1 is 1.20 bits per heavy atom. The number of hydrogen-bond donors (Lipinski definition) is 0. The lowest BCUT2D eigenvalue weighted by molar-refractivity contribution is 0.673. The summed E-state index contributed by atoms with van der Waals surface area (Å²) in [7, 11) is 0. The van der Waals surface area contributed by atoms with E-state index in [4.69, 9.17) is 0 Å². The zero-order valence-electron chi connectivity index (χ0n) is 9.27. The lowest BCUT2D eigenvalue weighted by atomic mass is 10.2. The van der Waals surface area contributed by atoms with Crippen LogP contribution in [0.15, 0.2) is 36.5 Å². The Morgan fingerprint density at radius 2 is 1.93 bits per heavy atom. The highest BCUT2D eigenvalue weighted by molar-refractivity contribution is 5.18. The molecule has 0 aliphatic rings. The van der Waals surface area contributed by atoms with E-state index in [2.05, 4.69) is 49.4 Å². The average Bonchev–Trinajstić information content (AvgIpc) is 2.60. The Balaban J connectivity index is 2.18. The third-order valence-corrected chi connectivity index (χ3v) is 2.57. The minimum Gasteiger partial charge on any atom is -0.268 e. The van der Waals surface area contributed by atoms with Gasteiger partial charge in [-0.05, 0) is 24.5 Å². The smallest absolute Gasteiger partial charge is 0.0659 e. The van der Waals surface area contributed by atoms with E-state index in [1.165, 1.54) is 16.8 Å². The SMILES string of the molecule is CCc1nn(Cc2ccccc2)cc1C. The average molecular weight is 200 g/mol. The van der Waals surface area contributed by atoms with E-state index in [0.29, 0.717) is 0 Å². The second kappa shape index (κ2) is 4.30. The van der Waals surface area contributed by atoms with Crippen LogP contribution in [0.4, 0.5) is 0 Å². The van der Waals surface area contributed by atoms with Gasteiger partial charge in [-0.25, -0.2) is 0 Å². The Morgan fingerprint density at radius 3 is 2.53 bits per heavy atom. The molecule has 0 aliphatic carbocycles. The van der Waals surface area contributed by atoms with Gasteiger partial charge in [-0.2, -0.15) is 5.10 Å². The maximum atomic E-state index is 4.54. The van der Waals surface area contributed by atoms with Gasteiger partial charge in [-0.3, -0.25) is 4.68 Å². The molecule has 0 radical (unpaired) electrons. The topological polar surface area (TPSA) is 17.8 Å². The first-order valence-electron chi connectivity index (χ1n) is 5.36. The fourth-order valence-electron chi connectivity index (χ4n) is 1.76. The standard InChI is InChI=1S/C13H16N2/c1-3-13-11(2)9-15(14-13)10-12-7-5-4-6-8-12/h4-9H,3,10H2,1-2H3. The van der Waals surface area contributed by atoms with Gasteiger partial charge in [-0.15, -0.1) is 0 Å². The van der Waals surface area contributed by atoms with Crippen molar-refractivity contribution in [1.82, 2.24) is 9.78 Å². The van der Waals surface area contributed by atoms with Crippen LogP contribution in [-0.2, 0) is 13.0 Å². The maximum absolute atomic E-state index is 4.54. The minimum atomic E-state index is 0.863. The Labute approximate surface area is 90.6 Å². The summed E-state index contributed by atoms with van der Waals surface area (Å²) in [5, 5.41) is 4.54. The summed E-state index contributed by atoms with van der Waals surface area (Å²) in [5.41, 5.74) is 3.78. The number of rotatable bonds is 3. The molecule has 2 nitrogen and oxygen atoms in total. The Hall–Kier alpha value is -1.57. The van der Waals surface area contributed by atoms with Crippen LogP contribution in [0.1, 0.15) is 23.7 Å². The van der Waals surface area contributed by atoms with Crippen molar-refractivity contribution < 1.29 is 0 Å². The number of hydrogen-bond acceptors (Lipinski definition) is 1. The van der Waals surface area contributed by atoms with Crippen molar-refractivity contribution in [2.45, 2.75) is 26.8 Å². The van der Waals surface area contributed by atoms with Crippen molar-refractivity contribution in [1.29, 1.82) is 0 Å². The lowest BCUT2D eigenvalue weighted by Crippen LogP contribution is -2.00. The Bertz CT molecular complexity index is 429. The van der Waals surface area contributed by atoms with Crippen LogP contribution in [0.25, 0.3) is 0 Å². The van der Waals surface area contributed by atoms with Gasteiger partial charge in [0.2, 0.25) is 0 Å². The van der Waals surface area contributed by atoms with Crippen LogP contribution in [-0.4, -0.2) is 9.78 Å². The second-order valence-electron chi connectivity index (χ2n) is 3.80. The van der Waals surface area contributed by atoms with Crippen LogP contribution >= 0.6 is 0 Å². The number of aryl methyl sites for hydroxylation is 2. The van der Waals surface area contributed by atoms with Gasteiger partial charge in [0.1, 0.15) is 0 Å². The summed E-state index contributed by atoms with van der Waals surface area (Å²) in [4.78, 5) is 0. The predicted octanol–water partition coefficient (Wildman–Crippen LogP) is 2.80. The van der Waals surface area contributed by atoms with Gasteiger partial charge in [0.15, 0.2) is 0 Å². The lowest BCUT2D eigenvalue weighted by Gasteiger charge is -2.00. The van der Waals surface area contributed by atoms with Gasteiger partial charge in [0.25, 0.3) is 0 Å². The van der Waals surface area contributed by atoms with Gasteiger partial charge in [0, 0.05) is 6.20 Å². The van der Waals surface area contributed by atoms with Crippen LogP contribution in [0.3, 0.4) is 0 Å². The van der Waals surface area contributed by atoms with Gasteiger partial charge < -0.3 is 0 Å². The summed E-state index contributed by atoms with van der Waals surface area (Å²) >= 11 is 0. The molecule has 0 amide bonds. The van der Waals surface area contributed by atoms with Crippen molar-refractivity contribution in [3.8, 4) is 0 Å². The largest absolute Gasteiger partial charge is 0.268 e. The monoisotopic (exact) mass is 200 g/mol. The molecule has 2 aromatic rings. The highest BCUT2D eigenvalue weighted by Gasteiger charge is 2.02. The molecule has 1 heterocycles. The minimum absolute atomic E-state index is 0.863. The quantitative estimate of drug-likeness (QED) is 0.745. The summed E-state index contributed by atoms with van der Waals surface area (Å²) < 4.78 is 2.02. The fourth-order valence-corrected chi connectivity index (χ4v) is 1.76. The van der Waals surface area contributed by atoms with Crippen LogP contribution in [0.2, 0.25) is 0 Å². The van der Waals surface area contributed by atoms with Gasteiger partial charge >= 0.3 is 0 Å². The van der Waals surface area contributed by atoms with Gasteiger partial charge in [0.05, 0.1) is 12.2 Å². The normalized spacial score (nSPS) is 10.5. The van der Waals surface area contributed by atoms with Crippen LogP contribution in [0.5, 0.6) is 0 Å². The molecule has 1 aromatic carbocycles. The highest BCUT2D eigenvalue weighted by atomic mass is 15.3. The van der Waals surface area contributed by atoms with Crippen LogP contribution in [0, 0.1) is 6.92 Å². The van der Waals surface area contributed by atoms with Crippen molar-refractivity contribution in [2.75, 3.05) is 0 Å². The third kappa shape index (κ3) is 2.27. The van der Waals surface area contributed by atoms with Crippen molar-refractivity contribution in [2.24, 2.45) is 0 Å². The first-order chi connectivity index (χ1) is 7.29. The zero-order valence-corrected chi connectivity index (χ0v) is 9.27. The molecule has 0 saturated heterocycles. The molecule has 1 aromatic heterocycles. The van der Waals surface area contributed by atoms with E-state index in [-0.39, 0.29) is 0 Å². The van der Waals surface area contributed by atoms with E-state index in [1.54, 1.807) is 0 Å². The van der Waals surface area contributed by atoms with Crippen molar-refractivity contribution >= 4 is 0 Å². The highest BCUT2D eigenvalue weighted by Crippen LogP contribution is 2.08. The predicted molar refractivity (Wildman–Crippen MR) is 61.9 cm³/mol. The molecule has 0 spiro atoms. The van der Waals surface area contributed by atoms with Gasteiger partial charge in [-0.1, -0.05) is 37.3 Å². The molecule has 15 heavy (non-hydrogen) atoms. The van der Waals surface area contributed by atoms with E-state index in [9.17, 15) is 0 Å². The second-order valence-corrected chi connectivity index (χ2v) is 3.80. The van der Waals surface area contributed by atoms with E-state index in [1.807, 2.05) is 10.7 Å². The summed E-state index contributed by atoms with van der Waals surface area (Å²) in [6, 6.07) is 10.4. The Kier molecular flexibility index (Phi) is 2.86. The van der Waals surface area contributed by atoms with E-state index in [0.717, 1.165) is 13.0 Å². The molecule has 2 heteroatoms. The molecule has 0 N–H and O–H groups in total. The summed E-state index contributed by atoms with van der Waals surface area (Å²) in [6.45, 7) is 5.12. The molecule has 0 unspecified atom stereocenters. The zero-order chi connectivity index (χ0) is 10.7. The number of benzene rings is 1. The molecule has 0 atom stereocenters. The number of nitrogens with zero attached hydrogens (tertiary/aromatic N) is 2. The van der Waals surface area contributed by atoms with E-state index < -0.39 is 0 Å². The summed E-state index contributed by atoms with van der Waals surface area (Å²) in [6.07, 6.45) is 3.12. The summed E-state index contributed by atoms with van der Waals surface area (Å²) in [5.74, 6) is 0. The molecule has 0 saturated carbocycles. The molecular weight excluding hydrogens is 184 g/mol. The maximum Gasteiger partial charge on any atom is 0.0659 e. The molecule has 0 bridgehead atoms. The molecule has 2 rings (SSSR count). The number of aromatic nitrogens is 2. The molecule has 0 aliphatic heterocycles. The fraction of sp³-hybridized carbons (Fsp3) is 0.308. The van der Waals surface area contributed by atoms with Crippen molar-refractivity contribution in [3.05, 3.63) is 53.3 Å². The first kappa shape index (κ1) is 9.97. The van der Waals surface area contributed by atoms with E-state index >= 15 is 0 Å². The van der Waals surface area contributed by atoms with Crippen molar-refractivity contribution in [3.63, 3.8) is 0 Å². The first-order valence-corrected chi connectivity index (χ1v) is 5.36. The third-order valence-electron chi connectivity index (χ3n) is 2.57. The molecular formula is C13H16N2. The molecule has 0 fully saturated rings. The molecule has 78 valence electrons. The van der Waals surface area contributed by atoms with Crippen LogP contribution < -0.4 is 0 Å².